The second kappa shape index (κ2) is 16.0. The molecular weight excluding hydrogens is 892 g/mol. The lowest BCUT2D eigenvalue weighted by Gasteiger charge is -2.35. The van der Waals surface area contributed by atoms with E-state index in [0.29, 0.717) is 0 Å². The molecule has 11 aromatic carbocycles. The van der Waals surface area contributed by atoms with Crippen LogP contribution in [0.15, 0.2) is 261 Å². The van der Waals surface area contributed by atoms with Crippen molar-refractivity contribution in [1.82, 2.24) is 9.13 Å². The first kappa shape index (κ1) is 40.8. The van der Waals surface area contributed by atoms with Gasteiger partial charge in [0, 0.05) is 32.7 Å². The fourth-order valence-electron chi connectivity index (χ4n) is 12.4. The molecule has 6 heteroatoms. The molecule has 0 saturated heterocycles. The monoisotopic (exact) mass is 934 g/mol. The Balaban J connectivity index is 1.05. The first-order valence-corrected chi connectivity index (χ1v) is 26.8. The summed E-state index contributed by atoms with van der Waals surface area (Å²) in [6.07, 6.45) is 0. The number of para-hydroxylation sites is 4. The summed E-state index contributed by atoms with van der Waals surface area (Å²) < 4.78 is 18.9. The third kappa shape index (κ3) is 5.87. The number of benzene rings is 11. The molecule has 0 radical (unpaired) electrons. The Morgan fingerprint density at radius 3 is 1.54 bits per heavy atom. The molecule has 0 fully saturated rings. The van der Waals surface area contributed by atoms with E-state index in [9.17, 15) is 0 Å². The molecule has 72 heavy (non-hydrogen) atoms. The third-order valence-corrected chi connectivity index (χ3v) is 20.1. The number of hydrogen-bond acceptors (Lipinski definition) is 2. The Kier molecular flexibility index (Phi) is 9.04. The summed E-state index contributed by atoms with van der Waals surface area (Å²) in [4.78, 5) is 0. The normalized spacial score (nSPS) is 12.6. The molecule has 15 rings (SSSR count). The van der Waals surface area contributed by atoms with Crippen molar-refractivity contribution in [3.63, 3.8) is 0 Å². The van der Waals surface area contributed by atoms with Crippen molar-refractivity contribution in [2.75, 3.05) is 0 Å². The highest BCUT2D eigenvalue weighted by atomic mass is 28.3. The number of fused-ring (bicyclic) bond motifs is 11. The largest absolute Gasteiger partial charge is 0.458 e. The lowest BCUT2D eigenvalue weighted by molar-refractivity contribution is 0.463. The number of rotatable bonds is 7. The highest BCUT2D eigenvalue weighted by Crippen LogP contribution is 2.46. The summed E-state index contributed by atoms with van der Waals surface area (Å²) in [5.41, 5.74) is 12.3. The molecule has 2 aromatic heterocycles. The maximum Gasteiger partial charge on any atom is 0.260 e. The van der Waals surface area contributed by atoms with Gasteiger partial charge in [-0.1, -0.05) is 206 Å². The molecule has 0 bridgehead atoms. The van der Waals surface area contributed by atoms with Gasteiger partial charge in [-0.25, -0.2) is 0 Å². The zero-order valence-corrected chi connectivity index (χ0v) is 40.1. The molecule has 0 unspecified atom stereocenters. The van der Waals surface area contributed by atoms with Gasteiger partial charge in [0.1, 0.15) is 23.0 Å². The van der Waals surface area contributed by atoms with Gasteiger partial charge >= 0.3 is 0 Å². The van der Waals surface area contributed by atoms with Gasteiger partial charge < -0.3 is 18.6 Å². The van der Waals surface area contributed by atoms with Crippen molar-refractivity contribution in [2.45, 2.75) is 0 Å². The summed E-state index contributed by atoms with van der Waals surface area (Å²) in [5.74, 6) is 3.39. The van der Waals surface area contributed by atoms with Gasteiger partial charge in [0.05, 0.1) is 27.8 Å². The smallest absolute Gasteiger partial charge is 0.260 e. The van der Waals surface area contributed by atoms with E-state index in [-0.39, 0.29) is 6.71 Å². The van der Waals surface area contributed by atoms with Crippen LogP contribution >= 0.6 is 0 Å². The Bertz CT molecular complexity index is 4180. The van der Waals surface area contributed by atoms with Gasteiger partial charge in [0.15, 0.2) is 8.07 Å². The highest BCUT2D eigenvalue weighted by Gasteiger charge is 2.43. The summed E-state index contributed by atoms with van der Waals surface area (Å²) in [6.45, 7) is -0.0516. The minimum Gasteiger partial charge on any atom is -0.458 e. The molecule has 0 atom stereocenters. The maximum absolute atomic E-state index is 7.17. The molecule has 2 aliphatic heterocycles. The van der Waals surface area contributed by atoms with Gasteiger partial charge in [-0.15, -0.1) is 0 Å². The molecule has 13 aromatic rings. The summed E-state index contributed by atoms with van der Waals surface area (Å²) in [6, 6.07) is 95.8. The SMILES string of the molecule is c1ccc(-c2cc(-n3c4ccccc4c4c3ccc3c5ccccc5n(-c5ccc6c7c5Oc5ccccc5B7c5ccccc5O6)c34)cc([Si](c3ccccc3)(c3ccccc3)c3ccccc3)c2)cc1. The van der Waals surface area contributed by atoms with Crippen molar-refractivity contribution >= 4 is 95.5 Å². The molecule has 0 saturated carbocycles. The van der Waals surface area contributed by atoms with E-state index >= 15 is 0 Å². The zero-order valence-electron chi connectivity index (χ0n) is 39.1. The molecule has 0 aliphatic carbocycles. The average Bonchev–Trinajstić information content (AvgIpc) is 3.97. The van der Waals surface area contributed by atoms with Crippen LogP contribution in [0, 0.1) is 0 Å². The number of hydrogen-bond donors (Lipinski definition) is 0. The van der Waals surface area contributed by atoms with Gasteiger partial charge in [-0.3, -0.25) is 0 Å². The van der Waals surface area contributed by atoms with E-state index in [4.69, 9.17) is 9.47 Å². The van der Waals surface area contributed by atoms with E-state index in [1.807, 2.05) is 0 Å². The lowest BCUT2D eigenvalue weighted by Crippen LogP contribution is -2.74. The van der Waals surface area contributed by atoms with E-state index in [0.717, 1.165) is 72.8 Å². The Morgan fingerprint density at radius 1 is 0.347 bits per heavy atom. The Labute approximate surface area is 418 Å². The molecule has 2 aliphatic rings. The second-order valence-electron chi connectivity index (χ2n) is 19.1. The summed E-state index contributed by atoms with van der Waals surface area (Å²) in [5, 5.41) is 10.0. The zero-order chi connectivity index (χ0) is 47.3. The van der Waals surface area contributed by atoms with Crippen molar-refractivity contribution in [2.24, 2.45) is 0 Å². The van der Waals surface area contributed by atoms with Gasteiger partial charge in [0.25, 0.3) is 6.71 Å². The fourth-order valence-corrected chi connectivity index (χ4v) is 17.2. The maximum atomic E-state index is 7.17. The number of ether oxygens (including phenoxy) is 2. The summed E-state index contributed by atoms with van der Waals surface area (Å²) in [7, 11) is -2.97. The van der Waals surface area contributed by atoms with Crippen molar-refractivity contribution in [3.8, 4) is 45.5 Å². The molecule has 336 valence electrons. The number of nitrogens with zero attached hydrogens (tertiary/aromatic N) is 2. The summed E-state index contributed by atoms with van der Waals surface area (Å²) >= 11 is 0. The first-order valence-electron chi connectivity index (χ1n) is 24.8. The Hall–Kier alpha value is -9.10. The van der Waals surface area contributed by atoms with Crippen LogP contribution in [0.3, 0.4) is 0 Å². The molecule has 0 spiro atoms. The van der Waals surface area contributed by atoms with Crippen LogP contribution < -0.4 is 46.6 Å². The van der Waals surface area contributed by atoms with Crippen LogP contribution in [0.4, 0.5) is 0 Å². The fraction of sp³-hybridized carbons (Fsp3) is 0. The minimum atomic E-state index is -2.97. The predicted molar refractivity (Wildman–Crippen MR) is 302 cm³/mol. The second-order valence-corrected chi connectivity index (χ2v) is 22.9. The molecular formula is C66H43BN2O2Si. The first-order chi connectivity index (χ1) is 35.7. The standard InChI is InChI=1S/C66H43BN2O2Si/c1-5-21-44(22-6-1)45-41-46(43-50(42-45)72(47-23-7-2-8-24-47,48-25-9-3-10-26-48)49-27-11-4-12-28-49)68-57-34-18-14-30-53(57)63-58(68)38-37-52-51-29-13-17-33-56(51)69(65(52)63)59-39-40-62-64-66(59)71-61-36-20-16-32-55(61)67(64)54-31-15-19-35-60(54)70-62/h1-43H. The van der Waals surface area contributed by atoms with E-state index in [1.54, 1.807) is 0 Å². The van der Waals surface area contributed by atoms with Crippen molar-refractivity contribution < 1.29 is 9.47 Å². The number of aromatic nitrogens is 2. The van der Waals surface area contributed by atoms with Crippen LogP contribution in [0.2, 0.25) is 0 Å². The van der Waals surface area contributed by atoms with Crippen LogP contribution in [0.25, 0.3) is 66.1 Å². The molecule has 0 N–H and O–H groups in total. The van der Waals surface area contributed by atoms with Crippen molar-refractivity contribution in [1.29, 1.82) is 0 Å². The van der Waals surface area contributed by atoms with E-state index < -0.39 is 8.07 Å². The third-order valence-electron chi connectivity index (χ3n) is 15.4. The highest BCUT2D eigenvalue weighted by molar-refractivity contribution is 7.20. The quantitative estimate of drug-likeness (QED) is 0.118. The van der Waals surface area contributed by atoms with Gasteiger partial charge in [0.2, 0.25) is 0 Å². The average molecular weight is 935 g/mol. The van der Waals surface area contributed by atoms with E-state index in [1.165, 1.54) is 53.4 Å². The minimum absolute atomic E-state index is 0.0516. The molecule has 0 amide bonds. The van der Waals surface area contributed by atoms with Crippen LogP contribution in [-0.4, -0.2) is 23.9 Å². The van der Waals surface area contributed by atoms with E-state index in [2.05, 4.69) is 270 Å². The lowest BCUT2D eigenvalue weighted by atomic mass is 9.35. The topological polar surface area (TPSA) is 28.3 Å². The van der Waals surface area contributed by atoms with Crippen LogP contribution in [-0.2, 0) is 0 Å². The predicted octanol–water partition coefficient (Wildman–Crippen LogP) is 11.7. The van der Waals surface area contributed by atoms with Gasteiger partial charge in [-0.05, 0) is 97.4 Å². The Morgan fingerprint density at radius 2 is 0.889 bits per heavy atom. The van der Waals surface area contributed by atoms with Gasteiger partial charge in [-0.2, -0.15) is 0 Å². The van der Waals surface area contributed by atoms with Crippen molar-refractivity contribution in [3.05, 3.63) is 261 Å². The van der Waals surface area contributed by atoms with Crippen LogP contribution in [0.1, 0.15) is 0 Å². The molecule has 4 nitrogen and oxygen atoms in total. The molecule has 4 heterocycles. The van der Waals surface area contributed by atoms with Crippen LogP contribution in [0.5, 0.6) is 23.0 Å².